The molecule has 0 aliphatic heterocycles. The lowest BCUT2D eigenvalue weighted by Crippen LogP contribution is -2.02. The Morgan fingerprint density at radius 1 is 1.00 bits per heavy atom. The monoisotopic (exact) mass is 334 g/mol. The van der Waals surface area contributed by atoms with Crippen LogP contribution in [0.5, 0.6) is 5.75 Å². The van der Waals surface area contributed by atoms with E-state index >= 15 is 0 Å². The van der Waals surface area contributed by atoms with E-state index in [1.165, 1.54) is 6.07 Å². The Hall–Kier alpha value is -3.14. The molecular formula is C21H15FO3. The number of rotatable bonds is 3. The summed E-state index contributed by atoms with van der Waals surface area (Å²) in [5.41, 5.74) is 1.49. The van der Waals surface area contributed by atoms with Crippen molar-refractivity contribution in [2.45, 2.75) is 13.5 Å². The van der Waals surface area contributed by atoms with Crippen LogP contribution in [0, 0.1) is 12.7 Å². The third-order valence-corrected chi connectivity index (χ3v) is 4.24. The van der Waals surface area contributed by atoms with Crippen molar-refractivity contribution in [2.75, 3.05) is 0 Å². The molecule has 0 spiro atoms. The highest BCUT2D eigenvalue weighted by Gasteiger charge is 2.11. The predicted octanol–water partition coefficient (Wildman–Crippen LogP) is 4.97. The van der Waals surface area contributed by atoms with E-state index in [9.17, 15) is 9.18 Å². The Morgan fingerprint density at radius 2 is 1.72 bits per heavy atom. The number of hydrogen-bond donors (Lipinski definition) is 0. The highest BCUT2D eigenvalue weighted by Crippen LogP contribution is 2.30. The number of benzene rings is 3. The molecule has 3 nitrogen and oxygen atoms in total. The Balaban J connectivity index is 1.78. The molecule has 0 N–H and O–H groups in total. The first kappa shape index (κ1) is 15.4. The summed E-state index contributed by atoms with van der Waals surface area (Å²) in [6, 6.07) is 17.4. The molecule has 1 aromatic heterocycles. The molecule has 0 bridgehead atoms. The average Bonchev–Trinajstić information content (AvgIpc) is 2.61. The second-order valence-electron chi connectivity index (χ2n) is 5.93. The van der Waals surface area contributed by atoms with E-state index in [-0.39, 0.29) is 18.0 Å². The second-order valence-corrected chi connectivity index (χ2v) is 5.93. The van der Waals surface area contributed by atoms with Gasteiger partial charge in [0, 0.05) is 22.4 Å². The van der Waals surface area contributed by atoms with E-state index in [2.05, 4.69) is 0 Å². The van der Waals surface area contributed by atoms with Gasteiger partial charge in [0.25, 0.3) is 0 Å². The summed E-state index contributed by atoms with van der Waals surface area (Å²) in [7, 11) is 0. The minimum Gasteiger partial charge on any atom is -0.489 e. The maximum atomic E-state index is 13.7. The van der Waals surface area contributed by atoms with E-state index < -0.39 is 0 Å². The van der Waals surface area contributed by atoms with Gasteiger partial charge in [0.15, 0.2) is 0 Å². The van der Waals surface area contributed by atoms with Crippen LogP contribution < -0.4 is 10.4 Å². The van der Waals surface area contributed by atoms with Crippen LogP contribution in [0.4, 0.5) is 4.39 Å². The molecule has 0 unspecified atom stereocenters. The van der Waals surface area contributed by atoms with E-state index in [1.54, 1.807) is 30.3 Å². The first-order valence-corrected chi connectivity index (χ1v) is 7.96. The first-order valence-electron chi connectivity index (χ1n) is 7.96. The average molecular weight is 334 g/mol. The number of halogens is 1. The molecule has 4 aromatic rings. The van der Waals surface area contributed by atoms with Crippen LogP contribution in [0.15, 0.2) is 69.9 Å². The molecule has 3 aromatic carbocycles. The van der Waals surface area contributed by atoms with Gasteiger partial charge < -0.3 is 9.15 Å². The Morgan fingerprint density at radius 3 is 2.52 bits per heavy atom. The maximum Gasteiger partial charge on any atom is 0.344 e. The smallest absolute Gasteiger partial charge is 0.344 e. The van der Waals surface area contributed by atoms with Crippen LogP contribution in [0.3, 0.4) is 0 Å². The minimum absolute atomic E-state index is 0.107. The van der Waals surface area contributed by atoms with Crippen molar-refractivity contribution >= 4 is 21.7 Å². The zero-order chi connectivity index (χ0) is 17.4. The number of fused-ring (bicyclic) bond motifs is 3. The Labute approximate surface area is 143 Å². The van der Waals surface area contributed by atoms with Crippen LogP contribution >= 0.6 is 0 Å². The summed E-state index contributed by atoms with van der Waals surface area (Å²) in [6.45, 7) is 2.04. The van der Waals surface area contributed by atoms with E-state index in [0.717, 1.165) is 16.3 Å². The lowest BCUT2D eigenvalue weighted by molar-refractivity contribution is 0.299. The van der Waals surface area contributed by atoms with Gasteiger partial charge in [0.05, 0.1) is 5.39 Å². The van der Waals surface area contributed by atoms with Gasteiger partial charge in [-0.3, -0.25) is 0 Å². The van der Waals surface area contributed by atoms with Crippen molar-refractivity contribution in [2.24, 2.45) is 0 Å². The standard InChI is InChI=1S/C21H15FO3/c1-13-10-15(24-12-14-6-2-5-9-18(14)22)11-19-20(13)16-7-3-4-8-17(16)21(23)25-19/h2-11H,12H2,1H3. The summed E-state index contributed by atoms with van der Waals surface area (Å²) in [4.78, 5) is 12.2. The molecule has 0 aliphatic rings. The Bertz CT molecular complexity index is 1140. The summed E-state index contributed by atoms with van der Waals surface area (Å²) < 4.78 is 24.9. The molecule has 124 valence electrons. The van der Waals surface area contributed by atoms with Gasteiger partial charge in [-0.25, -0.2) is 9.18 Å². The lowest BCUT2D eigenvalue weighted by atomic mass is 10.0. The third kappa shape index (κ3) is 2.76. The lowest BCUT2D eigenvalue weighted by Gasteiger charge is -2.11. The van der Waals surface area contributed by atoms with E-state index in [1.807, 2.05) is 31.2 Å². The van der Waals surface area contributed by atoms with Crippen molar-refractivity contribution in [1.29, 1.82) is 0 Å². The normalized spacial score (nSPS) is 11.1. The third-order valence-electron chi connectivity index (χ3n) is 4.24. The van der Waals surface area contributed by atoms with Crippen LogP contribution in [0.1, 0.15) is 11.1 Å². The SMILES string of the molecule is Cc1cc(OCc2ccccc2F)cc2oc(=O)c3ccccc3c12. The van der Waals surface area contributed by atoms with Gasteiger partial charge in [0.1, 0.15) is 23.8 Å². The molecule has 0 atom stereocenters. The van der Waals surface area contributed by atoms with Crippen LogP contribution in [-0.4, -0.2) is 0 Å². The fourth-order valence-electron chi connectivity index (χ4n) is 3.04. The minimum atomic E-state index is -0.381. The molecular weight excluding hydrogens is 319 g/mol. The quantitative estimate of drug-likeness (QED) is 0.392. The molecule has 0 saturated heterocycles. The fourth-order valence-corrected chi connectivity index (χ4v) is 3.04. The summed E-state index contributed by atoms with van der Waals surface area (Å²) in [5, 5.41) is 2.29. The van der Waals surface area contributed by atoms with Crippen molar-refractivity contribution < 1.29 is 13.5 Å². The Kier molecular flexibility index (Phi) is 3.73. The van der Waals surface area contributed by atoms with Crippen molar-refractivity contribution in [3.63, 3.8) is 0 Å². The van der Waals surface area contributed by atoms with E-state index in [4.69, 9.17) is 9.15 Å². The van der Waals surface area contributed by atoms with Crippen molar-refractivity contribution in [3.05, 3.63) is 88.0 Å². The molecule has 0 amide bonds. The maximum absolute atomic E-state index is 13.7. The van der Waals surface area contributed by atoms with Gasteiger partial charge in [-0.1, -0.05) is 36.4 Å². The summed E-state index contributed by atoms with van der Waals surface area (Å²) >= 11 is 0. The number of hydrogen-bond acceptors (Lipinski definition) is 3. The molecule has 0 saturated carbocycles. The molecule has 0 fully saturated rings. The first-order chi connectivity index (χ1) is 12.1. The molecule has 4 rings (SSSR count). The summed E-state index contributed by atoms with van der Waals surface area (Å²) in [5.74, 6) is 0.226. The predicted molar refractivity (Wildman–Crippen MR) is 95.5 cm³/mol. The molecule has 0 aliphatic carbocycles. The molecule has 1 heterocycles. The highest BCUT2D eigenvalue weighted by atomic mass is 19.1. The van der Waals surface area contributed by atoms with Crippen LogP contribution in [0.2, 0.25) is 0 Å². The highest BCUT2D eigenvalue weighted by molar-refractivity contribution is 6.06. The zero-order valence-corrected chi connectivity index (χ0v) is 13.6. The van der Waals surface area contributed by atoms with Crippen LogP contribution in [0.25, 0.3) is 21.7 Å². The van der Waals surface area contributed by atoms with Gasteiger partial charge in [-0.2, -0.15) is 0 Å². The largest absolute Gasteiger partial charge is 0.489 e. The van der Waals surface area contributed by atoms with Crippen molar-refractivity contribution in [3.8, 4) is 5.75 Å². The fraction of sp³-hybridized carbons (Fsp3) is 0.0952. The summed E-state index contributed by atoms with van der Waals surface area (Å²) in [6.07, 6.45) is 0. The van der Waals surface area contributed by atoms with Crippen molar-refractivity contribution in [1.82, 2.24) is 0 Å². The van der Waals surface area contributed by atoms with E-state index in [0.29, 0.717) is 22.3 Å². The van der Waals surface area contributed by atoms with Crippen LogP contribution in [-0.2, 0) is 6.61 Å². The number of ether oxygens (including phenoxy) is 1. The van der Waals surface area contributed by atoms with Gasteiger partial charge in [0.2, 0.25) is 0 Å². The van der Waals surface area contributed by atoms with Gasteiger partial charge >= 0.3 is 5.63 Å². The van der Waals surface area contributed by atoms with Gasteiger partial charge in [-0.05, 0) is 30.7 Å². The van der Waals surface area contributed by atoms with Gasteiger partial charge in [-0.15, -0.1) is 0 Å². The molecule has 4 heteroatoms. The molecule has 0 radical (unpaired) electrons. The zero-order valence-electron chi connectivity index (χ0n) is 13.6. The molecule has 25 heavy (non-hydrogen) atoms. The second kappa shape index (κ2) is 6.06. The number of aryl methyl sites for hydroxylation is 1. The topological polar surface area (TPSA) is 39.4 Å².